The Labute approximate surface area is 267 Å². The number of pyridine rings is 2. The van der Waals surface area contributed by atoms with E-state index in [1.165, 1.54) is 28.9 Å². The van der Waals surface area contributed by atoms with Gasteiger partial charge in [0.25, 0.3) is 15.9 Å². The molecule has 5 rings (SSSR count). The second-order valence-electron chi connectivity index (χ2n) is 12.5. The molecule has 2 fully saturated rings. The summed E-state index contributed by atoms with van der Waals surface area (Å²) in [4.78, 5) is 24.4. The molecule has 15 heteroatoms. The standard InChI is InChI=1S/C31H40F3N7O4S/c1-4-5-6-18-35-23-9-7-10-26(36-23)46(43,44)39-28(42)22-11-12-24(37-27(22)40-19-8-14-29(40,2)3)41-20-13-25(38-41)45-21-17-30(15-16-30)31(32,33)34/h7,9-13,20H,4-6,8,14-19,21H2,1-3H3,(H,35,36)(H,39,42). The highest BCUT2D eigenvalue weighted by Crippen LogP contribution is 2.59. The number of halogens is 3. The summed E-state index contributed by atoms with van der Waals surface area (Å²) >= 11 is 0. The SMILES string of the molecule is CCCCCNc1cccc(S(=O)(=O)NC(=O)c2ccc(-n3ccc(OCCC4(C(F)(F)F)CC4)n3)nc2N2CCCC2(C)C)n1. The van der Waals surface area contributed by atoms with Crippen LogP contribution in [-0.4, -0.2) is 65.5 Å². The zero-order chi connectivity index (χ0) is 33.2. The lowest BCUT2D eigenvalue weighted by atomic mass is 10.0. The molecule has 0 spiro atoms. The molecular weight excluding hydrogens is 623 g/mol. The van der Waals surface area contributed by atoms with Crippen LogP contribution in [-0.2, 0) is 10.0 Å². The number of unbranched alkanes of at least 4 members (excludes halogenated alkanes) is 2. The molecule has 1 saturated heterocycles. The zero-order valence-corrected chi connectivity index (χ0v) is 27.0. The number of anilines is 2. The quantitative estimate of drug-likeness (QED) is 0.203. The van der Waals surface area contributed by atoms with Gasteiger partial charge in [0.2, 0.25) is 5.88 Å². The van der Waals surface area contributed by atoms with E-state index in [2.05, 4.69) is 27.0 Å². The second-order valence-corrected chi connectivity index (χ2v) is 14.1. The number of alkyl halides is 3. The van der Waals surface area contributed by atoms with Gasteiger partial charge < -0.3 is 15.0 Å². The van der Waals surface area contributed by atoms with Crippen molar-refractivity contribution in [2.24, 2.45) is 5.41 Å². The molecule has 11 nitrogen and oxygen atoms in total. The van der Waals surface area contributed by atoms with Gasteiger partial charge in [0.05, 0.1) is 17.6 Å². The normalized spacial score (nSPS) is 17.1. The van der Waals surface area contributed by atoms with Gasteiger partial charge >= 0.3 is 6.18 Å². The van der Waals surface area contributed by atoms with Crippen LogP contribution in [0.15, 0.2) is 47.6 Å². The number of aromatic nitrogens is 4. The maximum Gasteiger partial charge on any atom is 0.394 e. The number of sulfonamides is 1. The van der Waals surface area contributed by atoms with Crippen molar-refractivity contribution in [2.75, 3.05) is 29.9 Å². The molecular formula is C31H40F3N7O4S. The third-order valence-electron chi connectivity index (χ3n) is 8.66. The van der Waals surface area contributed by atoms with Crippen molar-refractivity contribution in [3.05, 3.63) is 48.2 Å². The Morgan fingerprint density at radius 3 is 2.52 bits per heavy atom. The van der Waals surface area contributed by atoms with Crippen molar-refractivity contribution < 1.29 is 31.1 Å². The van der Waals surface area contributed by atoms with Crippen LogP contribution in [0.3, 0.4) is 0 Å². The molecule has 3 aromatic rings. The van der Waals surface area contributed by atoms with Gasteiger partial charge in [-0.15, -0.1) is 5.10 Å². The molecule has 0 bridgehead atoms. The first-order valence-electron chi connectivity index (χ1n) is 15.6. The maximum absolute atomic E-state index is 13.6. The van der Waals surface area contributed by atoms with Gasteiger partial charge in [-0.05, 0) is 76.6 Å². The minimum absolute atomic E-state index is 0.0571. The van der Waals surface area contributed by atoms with Crippen LogP contribution in [0.1, 0.15) is 82.5 Å². The highest BCUT2D eigenvalue weighted by atomic mass is 32.2. The molecule has 0 radical (unpaired) electrons. The van der Waals surface area contributed by atoms with Crippen LogP contribution < -0.4 is 19.7 Å². The molecule has 1 amide bonds. The summed E-state index contributed by atoms with van der Waals surface area (Å²) in [5.41, 5.74) is -1.97. The molecule has 4 heterocycles. The predicted octanol–water partition coefficient (Wildman–Crippen LogP) is 5.87. The Morgan fingerprint density at radius 1 is 1.07 bits per heavy atom. The number of ether oxygens (including phenoxy) is 1. The third-order valence-corrected chi connectivity index (χ3v) is 9.89. The largest absolute Gasteiger partial charge is 0.477 e. The zero-order valence-electron chi connectivity index (χ0n) is 26.2. The first-order valence-corrected chi connectivity index (χ1v) is 17.1. The fraction of sp³-hybridized carbons (Fsp3) is 0.548. The Hall–Kier alpha value is -3.88. The summed E-state index contributed by atoms with van der Waals surface area (Å²) in [6, 6.07) is 9.09. The van der Waals surface area contributed by atoms with E-state index in [0.717, 1.165) is 32.1 Å². The Morgan fingerprint density at radius 2 is 1.85 bits per heavy atom. The van der Waals surface area contributed by atoms with Gasteiger partial charge in [-0.25, -0.2) is 19.4 Å². The van der Waals surface area contributed by atoms with Gasteiger partial charge in [-0.3, -0.25) is 4.79 Å². The summed E-state index contributed by atoms with van der Waals surface area (Å²) in [5.74, 6) is 0.288. The summed E-state index contributed by atoms with van der Waals surface area (Å²) < 4.78 is 75.4. The molecule has 2 N–H and O–H groups in total. The lowest BCUT2D eigenvalue weighted by Gasteiger charge is -2.34. The van der Waals surface area contributed by atoms with Crippen molar-refractivity contribution in [1.82, 2.24) is 24.5 Å². The van der Waals surface area contributed by atoms with Crippen LogP contribution in [0.5, 0.6) is 5.88 Å². The Balaban J connectivity index is 1.34. The first-order chi connectivity index (χ1) is 21.7. The number of nitrogens with one attached hydrogen (secondary N) is 2. The van der Waals surface area contributed by atoms with E-state index in [9.17, 15) is 26.4 Å². The number of amides is 1. The topological polar surface area (TPSA) is 131 Å². The van der Waals surface area contributed by atoms with Crippen LogP contribution >= 0.6 is 0 Å². The van der Waals surface area contributed by atoms with Gasteiger partial charge in [0.15, 0.2) is 10.8 Å². The van der Waals surface area contributed by atoms with E-state index in [4.69, 9.17) is 9.72 Å². The van der Waals surface area contributed by atoms with Crippen LogP contribution in [0.2, 0.25) is 0 Å². The van der Waals surface area contributed by atoms with Crippen LogP contribution in [0.25, 0.3) is 5.82 Å². The van der Waals surface area contributed by atoms with Crippen molar-refractivity contribution in [3.63, 3.8) is 0 Å². The van der Waals surface area contributed by atoms with Gasteiger partial charge in [-0.1, -0.05) is 25.8 Å². The summed E-state index contributed by atoms with van der Waals surface area (Å²) in [6.07, 6.45) is 2.06. The first kappa shape index (κ1) is 33.5. The average Bonchev–Trinajstić information content (AvgIpc) is 3.52. The van der Waals surface area contributed by atoms with E-state index >= 15 is 0 Å². The fourth-order valence-electron chi connectivity index (χ4n) is 5.62. The Kier molecular flexibility index (Phi) is 9.52. The van der Waals surface area contributed by atoms with E-state index < -0.39 is 27.5 Å². The van der Waals surface area contributed by atoms with Crippen molar-refractivity contribution in [1.29, 1.82) is 0 Å². The maximum atomic E-state index is 13.6. The monoisotopic (exact) mass is 663 g/mol. The van der Waals surface area contributed by atoms with E-state index in [-0.39, 0.29) is 53.7 Å². The third kappa shape index (κ3) is 7.39. The molecule has 1 aliphatic carbocycles. The molecule has 2 aliphatic rings. The van der Waals surface area contributed by atoms with Crippen LogP contribution in [0.4, 0.5) is 24.8 Å². The smallest absolute Gasteiger partial charge is 0.394 e. The number of nitrogens with zero attached hydrogens (tertiary/aromatic N) is 5. The average molecular weight is 664 g/mol. The summed E-state index contributed by atoms with van der Waals surface area (Å²) in [7, 11) is -4.32. The number of carbonyl (C=O) groups excluding carboxylic acids is 1. The molecule has 46 heavy (non-hydrogen) atoms. The van der Waals surface area contributed by atoms with E-state index in [1.54, 1.807) is 18.3 Å². The molecule has 1 saturated carbocycles. The number of hydrogen-bond donors (Lipinski definition) is 2. The van der Waals surface area contributed by atoms with Crippen molar-refractivity contribution in [2.45, 2.75) is 88.9 Å². The lowest BCUT2D eigenvalue weighted by Crippen LogP contribution is -2.41. The fourth-order valence-corrected chi connectivity index (χ4v) is 6.56. The number of rotatable bonds is 14. The summed E-state index contributed by atoms with van der Waals surface area (Å²) in [5, 5.41) is 7.15. The highest BCUT2D eigenvalue weighted by molar-refractivity contribution is 7.90. The molecule has 250 valence electrons. The van der Waals surface area contributed by atoms with Crippen molar-refractivity contribution >= 4 is 27.6 Å². The van der Waals surface area contributed by atoms with E-state index in [0.29, 0.717) is 24.7 Å². The molecule has 0 atom stereocenters. The highest BCUT2D eigenvalue weighted by Gasteiger charge is 2.62. The van der Waals surface area contributed by atoms with Gasteiger partial charge in [0.1, 0.15) is 11.6 Å². The minimum Gasteiger partial charge on any atom is -0.477 e. The van der Waals surface area contributed by atoms with Gasteiger partial charge in [-0.2, -0.15) is 21.6 Å². The molecule has 0 aromatic carbocycles. The van der Waals surface area contributed by atoms with Gasteiger partial charge in [0, 0.05) is 30.9 Å². The predicted molar refractivity (Wildman–Crippen MR) is 167 cm³/mol. The second kappa shape index (κ2) is 13.1. The lowest BCUT2D eigenvalue weighted by molar-refractivity contribution is -0.190. The minimum atomic E-state index is -4.32. The Bertz CT molecular complexity index is 1660. The number of carbonyl (C=O) groups is 1. The molecule has 0 unspecified atom stereocenters. The molecule has 1 aliphatic heterocycles. The summed E-state index contributed by atoms with van der Waals surface area (Å²) in [6.45, 7) is 7.24. The van der Waals surface area contributed by atoms with Crippen LogP contribution in [0, 0.1) is 5.41 Å². The molecule has 3 aromatic heterocycles. The number of hydrogen-bond acceptors (Lipinski definition) is 9. The van der Waals surface area contributed by atoms with Crippen molar-refractivity contribution in [3.8, 4) is 11.7 Å². The van der Waals surface area contributed by atoms with E-state index in [1.807, 2.05) is 18.7 Å².